The van der Waals surface area contributed by atoms with Gasteiger partial charge >= 0.3 is 13.6 Å². The van der Waals surface area contributed by atoms with Crippen LogP contribution in [0.15, 0.2) is 24.3 Å². The fourth-order valence-electron chi connectivity index (χ4n) is 2.38. The molecule has 0 aliphatic rings. The third-order valence-corrected chi connectivity index (χ3v) is 5.84. The lowest BCUT2D eigenvalue weighted by atomic mass is 10.0. The maximum absolute atomic E-state index is 13.4. The van der Waals surface area contributed by atoms with Crippen LogP contribution in [0.5, 0.6) is 0 Å². The highest BCUT2D eigenvalue weighted by Crippen LogP contribution is 2.63. The van der Waals surface area contributed by atoms with Crippen molar-refractivity contribution in [2.24, 2.45) is 5.73 Å². The zero-order chi connectivity index (χ0) is 21.0. The fraction of sp³-hybridized carbons (Fsp3) is 0.632. The van der Waals surface area contributed by atoms with E-state index in [1.807, 2.05) is 0 Å². The molecule has 0 saturated carbocycles. The maximum atomic E-state index is 13.4. The SMILES string of the molecule is COC(=O)[C@H](N)Cc1ccc(C(O)P(=O)(OC(C)(C)C)OC(C)(C)C)cc1. The molecule has 0 spiro atoms. The second kappa shape index (κ2) is 8.84. The number of benzene rings is 1. The summed E-state index contributed by atoms with van der Waals surface area (Å²) in [5, 5.41) is 10.8. The van der Waals surface area contributed by atoms with Gasteiger partial charge in [0, 0.05) is 0 Å². The first-order valence-corrected chi connectivity index (χ1v) is 10.4. The van der Waals surface area contributed by atoms with Crippen LogP contribution in [-0.2, 0) is 29.6 Å². The van der Waals surface area contributed by atoms with Gasteiger partial charge in [-0.1, -0.05) is 24.3 Å². The van der Waals surface area contributed by atoms with E-state index in [0.29, 0.717) is 5.56 Å². The van der Waals surface area contributed by atoms with Crippen molar-refractivity contribution >= 4 is 13.6 Å². The summed E-state index contributed by atoms with van der Waals surface area (Å²) in [5.74, 6) is -1.94. The van der Waals surface area contributed by atoms with Crippen molar-refractivity contribution in [3.8, 4) is 0 Å². The number of hydrogen-bond donors (Lipinski definition) is 2. The summed E-state index contributed by atoms with van der Waals surface area (Å²) in [7, 11) is -2.60. The van der Waals surface area contributed by atoms with Crippen LogP contribution in [0, 0.1) is 0 Å². The molecular formula is C19H32NO6P. The van der Waals surface area contributed by atoms with Crippen molar-refractivity contribution in [2.45, 2.75) is 71.1 Å². The molecule has 0 fully saturated rings. The Balaban J connectivity index is 3.06. The zero-order valence-corrected chi connectivity index (χ0v) is 18.1. The summed E-state index contributed by atoms with van der Waals surface area (Å²) in [4.78, 5) is 11.4. The van der Waals surface area contributed by atoms with Crippen molar-refractivity contribution in [3.63, 3.8) is 0 Å². The standard InChI is InChI=1S/C19H32NO6P/c1-18(2,3)25-27(23,26-19(4,5)6)17(22)14-10-8-13(9-11-14)12-15(20)16(21)24-7/h8-11,15,17,22H,12,20H2,1-7H3/t15-,17?/m1/s1. The second-order valence-corrected chi connectivity index (χ2v) is 10.3. The molecule has 8 heteroatoms. The smallest absolute Gasteiger partial charge is 0.364 e. The Hall–Kier alpha value is -1.24. The molecule has 0 amide bonds. The number of carbonyl (C=O) groups excluding carboxylic acids is 1. The largest absolute Gasteiger partial charge is 0.468 e. The number of aliphatic hydroxyl groups excluding tert-OH is 1. The van der Waals surface area contributed by atoms with E-state index in [0.717, 1.165) is 5.56 Å². The Labute approximate surface area is 161 Å². The first-order valence-electron chi connectivity index (χ1n) is 8.78. The number of carbonyl (C=O) groups is 1. The van der Waals surface area contributed by atoms with E-state index in [4.69, 9.17) is 14.8 Å². The van der Waals surface area contributed by atoms with Crippen LogP contribution in [0.25, 0.3) is 0 Å². The molecule has 1 rings (SSSR count). The first-order chi connectivity index (χ1) is 12.2. The number of esters is 1. The third kappa shape index (κ3) is 7.72. The van der Waals surface area contributed by atoms with Crippen LogP contribution >= 0.6 is 7.60 Å². The van der Waals surface area contributed by atoms with E-state index in [1.165, 1.54) is 7.11 Å². The van der Waals surface area contributed by atoms with Crippen molar-refractivity contribution < 1.29 is 28.3 Å². The van der Waals surface area contributed by atoms with Crippen molar-refractivity contribution in [1.29, 1.82) is 0 Å². The summed E-state index contributed by atoms with van der Waals surface area (Å²) in [6.45, 7) is 10.5. The van der Waals surface area contributed by atoms with Crippen molar-refractivity contribution in [2.75, 3.05) is 7.11 Å². The predicted octanol–water partition coefficient (Wildman–Crippen LogP) is 3.54. The zero-order valence-electron chi connectivity index (χ0n) is 17.2. The highest BCUT2D eigenvalue weighted by molar-refractivity contribution is 7.54. The van der Waals surface area contributed by atoms with Gasteiger partial charge in [0.1, 0.15) is 6.04 Å². The molecule has 2 atom stereocenters. The van der Waals surface area contributed by atoms with Gasteiger partial charge in [-0.2, -0.15) is 0 Å². The molecule has 0 aliphatic carbocycles. The van der Waals surface area contributed by atoms with E-state index >= 15 is 0 Å². The van der Waals surface area contributed by atoms with Crippen molar-refractivity contribution in [1.82, 2.24) is 0 Å². The summed E-state index contributed by atoms with van der Waals surface area (Å²) < 4.78 is 29.3. The van der Waals surface area contributed by atoms with Gasteiger partial charge < -0.3 is 24.6 Å². The summed E-state index contributed by atoms with van der Waals surface area (Å²) in [6.07, 6.45) is 0.289. The molecule has 27 heavy (non-hydrogen) atoms. The van der Waals surface area contributed by atoms with Crippen molar-refractivity contribution in [3.05, 3.63) is 35.4 Å². The van der Waals surface area contributed by atoms with Crippen LogP contribution in [0.2, 0.25) is 0 Å². The van der Waals surface area contributed by atoms with Gasteiger partial charge in [-0.25, -0.2) is 0 Å². The summed E-state index contributed by atoms with van der Waals surface area (Å²) >= 11 is 0. The van der Waals surface area contributed by atoms with Crippen LogP contribution in [0.1, 0.15) is 58.5 Å². The first kappa shape index (κ1) is 23.8. The Morgan fingerprint density at radius 3 is 1.89 bits per heavy atom. The number of rotatable bonds is 7. The lowest BCUT2D eigenvalue weighted by Gasteiger charge is -2.34. The quantitative estimate of drug-likeness (QED) is 0.531. The highest BCUT2D eigenvalue weighted by atomic mass is 31.2. The molecule has 0 aliphatic heterocycles. The lowest BCUT2D eigenvalue weighted by Crippen LogP contribution is -2.33. The molecule has 154 valence electrons. The molecule has 1 unspecified atom stereocenters. The van der Waals surface area contributed by atoms with Gasteiger partial charge in [0.15, 0.2) is 5.85 Å². The molecule has 0 bridgehead atoms. The minimum atomic E-state index is -3.88. The van der Waals surface area contributed by atoms with Crippen LogP contribution < -0.4 is 5.73 Å². The summed E-state index contributed by atoms with van der Waals surface area (Å²) in [6, 6.07) is 5.88. The number of ether oxygens (including phenoxy) is 1. The van der Waals surface area contributed by atoms with E-state index in [9.17, 15) is 14.5 Å². The van der Waals surface area contributed by atoms with Gasteiger partial charge in [0.05, 0.1) is 18.3 Å². The van der Waals surface area contributed by atoms with E-state index < -0.39 is 36.7 Å². The Bertz CT molecular complexity index is 655. The molecule has 1 aromatic rings. The number of methoxy groups -OCH3 is 1. The van der Waals surface area contributed by atoms with Gasteiger partial charge in [0.25, 0.3) is 0 Å². The van der Waals surface area contributed by atoms with Gasteiger partial charge in [-0.15, -0.1) is 0 Å². The average Bonchev–Trinajstić information content (AvgIpc) is 2.50. The number of nitrogens with two attached hydrogens (primary N) is 1. The Morgan fingerprint density at radius 2 is 1.52 bits per heavy atom. The monoisotopic (exact) mass is 401 g/mol. The van der Waals surface area contributed by atoms with Gasteiger partial charge in [0.2, 0.25) is 0 Å². The third-order valence-electron chi connectivity index (χ3n) is 3.34. The van der Waals surface area contributed by atoms with Crippen LogP contribution in [0.3, 0.4) is 0 Å². The number of aliphatic hydroxyl groups is 1. The fourth-order valence-corrected chi connectivity index (χ4v) is 4.68. The van der Waals surface area contributed by atoms with E-state index in [1.54, 1.807) is 65.8 Å². The highest BCUT2D eigenvalue weighted by Gasteiger charge is 2.42. The molecular weight excluding hydrogens is 369 g/mol. The molecule has 0 radical (unpaired) electrons. The summed E-state index contributed by atoms with van der Waals surface area (Å²) in [5.41, 5.74) is 5.39. The Kier molecular flexibility index (Phi) is 7.79. The molecule has 0 heterocycles. The van der Waals surface area contributed by atoms with E-state index in [2.05, 4.69) is 4.74 Å². The lowest BCUT2D eigenvalue weighted by molar-refractivity contribution is -0.142. The number of hydrogen-bond acceptors (Lipinski definition) is 7. The second-order valence-electron chi connectivity index (χ2n) is 8.40. The molecule has 3 N–H and O–H groups in total. The topological polar surface area (TPSA) is 108 Å². The average molecular weight is 401 g/mol. The molecule has 7 nitrogen and oxygen atoms in total. The normalized spacial score (nSPS) is 15.3. The molecule has 1 aromatic carbocycles. The Morgan fingerprint density at radius 1 is 1.07 bits per heavy atom. The maximum Gasteiger partial charge on any atom is 0.364 e. The predicted molar refractivity (Wildman–Crippen MR) is 104 cm³/mol. The minimum absolute atomic E-state index is 0.289. The molecule has 0 aromatic heterocycles. The van der Waals surface area contributed by atoms with Gasteiger partial charge in [-0.3, -0.25) is 9.36 Å². The van der Waals surface area contributed by atoms with Gasteiger partial charge in [-0.05, 0) is 59.1 Å². The van der Waals surface area contributed by atoms with E-state index in [-0.39, 0.29) is 6.42 Å². The minimum Gasteiger partial charge on any atom is -0.468 e. The molecule has 0 saturated heterocycles. The van der Waals surface area contributed by atoms with Crippen LogP contribution in [0.4, 0.5) is 0 Å². The van der Waals surface area contributed by atoms with Crippen LogP contribution in [-0.4, -0.2) is 35.4 Å².